The smallest absolute Gasteiger partial charge is 0.274 e. The van der Waals surface area contributed by atoms with E-state index < -0.39 is 0 Å². The van der Waals surface area contributed by atoms with Crippen LogP contribution in [0.1, 0.15) is 59.1 Å². The largest absolute Gasteiger partial charge is 0.337 e. The number of hydrogen-bond acceptors (Lipinski definition) is 3. The summed E-state index contributed by atoms with van der Waals surface area (Å²) in [6, 6.07) is 9.41. The van der Waals surface area contributed by atoms with Crippen LogP contribution in [0.5, 0.6) is 0 Å². The Bertz CT molecular complexity index is 865. The fraction of sp³-hybridized carbons (Fsp3) is 0.565. The van der Waals surface area contributed by atoms with Crippen LogP contribution in [-0.4, -0.2) is 51.6 Å². The number of hydrogen-bond donors (Lipinski definition) is 1. The lowest BCUT2D eigenvalue weighted by Gasteiger charge is -2.40. The molecule has 1 aromatic carbocycles. The Labute approximate surface area is 167 Å². The molecular weight excluding hydrogens is 348 g/mol. The molecule has 1 aromatic heterocycles. The Kier molecular flexibility index (Phi) is 4.71. The van der Waals surface area contributed by atoms with E-state index in [-0.39, 0.29) is 5.91 Å². The Balaban J connectivity index is 1.22. The summed E-state index contributed by atoms with van der Waals surface area (Å²) in [7, 11) is 0. The second-order valence-corrected chi connectivity index (χ2v) is 8.89. The van der Waals surface area contributed by atoms with Crippen molar-refractivity contribution in [2.24, 2.45) is 5.92 Å². The molecule has 5 heteroatoms. The number of H-pyrrole nitrogens is 1. The lowest BCUT2D eigenvalue weighted by Crippen LogP contribution is -2.48. The second-order valence-electron chi connectivity index (χ2n) is 8.89. The summed E-state index contributed by atoms with van der Waals surface area (Å²) in [6.07, 6.45) is 6.47. The zero-order chi connectivity index (χ0) is 19.1. The lowest BCUT2D eigenvalue weighted by atomic mass is 9.87. The zero-order valence-electron chi connectivity index (χ0n) is 16.8. The van der Waals surface area contributed by atoms with Crippen LogP contribution < -0.4 is 0 Å². The second kappa shape index (κ2) is 7.36. The molecule has 1 N–H and O–H groups in total. The van der Waals surface area contributed by atoms with Crippen LogP contribution in [0.15, 0.2) is 24.3 Å². The monoisotopic (exact) mass is 378 g/mol. The number of piperidine rings is 1. The van der Waals surface area contributed by atoms with Crippen LogP contribution in [0.2, 0.25) is 0 Å². The molecule has 148 valence electrons. The molecule has 2 aliphatic heterocycles. The van der Waals surface area contributed by atoms with E-state index in [0.29, 0.717) is 17.7 Å². The molecule has 0 unspecified atom stereocenters. The van der Waals surface area contributed by atoms with E-state index in [2.05, 4.69) is 46.3 Å². The van der Waals surface area contributed by atoms with Crippen molar-refractivity contribution in [3.8, 4) is 0 Å². The molecule has 0 radical (unpaired) electrons. The van der Waals surface area contributed by atoms with E-state index >= 15 is 0 Å². The molecule has 1 saturated heterocycles. The number of benzene rings is 1. The SMILES string of the molecule is C[C@@H]1CCc2[nH]nc(C(=O)N3CCC(N4CCc5ccccc5C4)CC3)c2C1. The minimum atomic E-state index is 0.133. The Morgan fingerprint density at radius 1 is 1.07 bits per heavy atom. The highest BCUT2D eigenvalue weighted by atomic mass is 16.2. The summed E-state index contributed by atoms with van der Waals surface area (Å²) in [6.45, 7) is 6.16. The molecule has 3 heterocycles. The van der Waals surface area contributed by atoms with Crippen LogP contribution in [-0.2, 0) is 25.8 Å². The summed E-state index contributed by atoms with van der Waals surface area (Å²) < 4.78 is 0. The molecule has 1 fully saturated rings. The van der Waals surface area contributed by atoms with Gasteiger partial charge in [0.1, 0.15) is 0 Å². The van der Waals surface area contributed by atoms with Gasteiger partial charge in [0.25, 0.3) is 5.91 Å². The fourth-order valence-electron chi connectivity index (χ4n) is 5.26. The van der Waals surface area contributed by atoms with Crippen LogP contribution in [0.4, 0.5) is 0 Å². The van der Waals surface area contributed by atoms with E-state index in [1.54, 1.807) is 0 Å². The maximum atomic E-state index is 13.1. The predicted octanol–water partition coefficient (Wildman–Crippen LogP) is 3.20. The van der Waals surface area contributed by atoms with Gasteiger partial charge in [0.2, 0.25) is 0 Å². The molecule has 5 nitrogen and oxygen atoms in total. The van der Waals surface area contributed by atoms with Gasteiger partial charge in [-0.3, -0.25) is 14.8 Å². The average Bonchev–Trinajstić information content (AvgIpc) is 3.16. The van der Waals surface area contributed by atoms with E-state index in [0.717, 1.165) is 58.3 Å². The highest BCUT2D eigenvalue weighted by molar-refractivity contribution is 5.94. The summed E-state index contributed by atoms with van der Waals surface area (Å²) in [5.41, 5.74) is 6.03. The maximum absolute atomic E-state index is 13.1. The van der Waals surface area contributed by atoms with Crippen molar-refractivity contribution in [1.29, 1.82) is 0 Å². The van der Waals surface area contributed by atoms with Crippen molar-refractivity contribution >= 4 is 5.91 Å². The molecule has 5 rings (SSSR count). The number of aromatic amines is 1. The third-order valence-electron chi connectivity index (χ3n) is 7.02. The van der Waals surface area contributed by atoms with Crippen molar-refractivity contribution in [3.05, 3.63) is 52.3 Å². The van der Waals surface area contributed by atoms with Crippen LogP contribution in [0.25, 0.3) is 0 Å². The molecule has 2 aromatic rings. The first-order valence-electron chi connectivity index (χ1n) is 10.8. The summed E-state index contributed by atoms with van der Waals surface area (Å²) >= 11 is 0. The van der Waals surface area contributed by atoms with Gasteiger partial charge in [-0.2, -0.15) is 5.10 Å². The van der Waals surface area contributed by atoms with Crippen LogP contribution in [0.3, 0.4) is 0 Å². The summed E-state index contributed by atoms with van der Waals surface area (Å²) in [5.74, 6) is 0.776. The zero-order valence-corrected chi connectivity index (χ0v) is 16.8. The molecule has 1 atom stereocenters. The van der Waals surface area contributed by atoms with Crippen molar-refractivity contribution in [2.45, 2.75) is 58.0 Å². The average molecular weight is 379 g/mol. The van der Waals surface area contributed by atoms with Gasteiger partial charge in [-0.05, 0) is 55.6 Å². The van der Waals surface area contributed by atoms with Crippen molar-refractivity contribution in [1.82, 2.24) is 20.0 Å². The number of carbonyl (C=O) groups excluding carboxylic acids is 1. The Hall–Kier alpha value is -2.14. The number of nitrogens with one attached hydrogen (secondary N) is 1. The third kappa shape index (κ3) is 3.26. The van der Waals surface area contributed by atoms with Gasteiger partial charge in [-0.25, -0.2) is 0 Å². The highest BCUT2D eigenvalue weighted by Gasteiger charge is 2.32. The number of amides is 1. The van der Waals surface area contributed by atoms with E-state index in [1.807, 2.05) is 4.90 Å². The quantitative estimate of drug-likeness (QED) is 0.873. The third-order valence-corrected chi connectivity index (χ3v) is 7.02. The molecule has 1 aliphatic carbocycles. The van der Waals surface area contributed by atoms with Gasteiger partial charge < -0.3 is 4.90 Å². The first-order valence-corrected chi connectivity index (χ1v) is 10.8. The minimum Gasteiger partial charge on any atom is -0.337 e. The molecule has 0 bridgehead atoms. The first kappa shape index (κ1) is 17.9. The highest BCUT2D eigenvalue weighted by Crippen LogP contribution is 2.29. The predicted molar refractivity (Wildman–Crippen MR) is 109 cm³/mol. The normalized spacial score (nSPS) is 23.3. The van der Waals surface area contributed by atoms with Gasteiger partial charge in [0.05, 0.1) is 0 Å². The van der Waals surface area contributed by atoms with E-state index in [1.165, 1.54) is 28.8 Å². The van der Waals surface area contributed by atoms with Gasteiger partial charge in [-0.15, -0.1) is 0 Å². The Morgan fingerprint density at radius 3 is 2.68 bits per heavy atom. The molecular formula is C23H30N4O. The standard InChI is InChI=1S/C23H30N4O/c1-16-6-7-21-20(14-16)22(25-24-21)23(28)26-12-9-19(10-13-26)27-11-8-17-4-2-3-5-18(17)15-27/h2-5,16,19H,6-15H2,1H3,(H,24,25)/t16-/m1/s1. The number of rotatable bonds is 2. The van der Waals surface area contributed by atoms with E-state index in [9.17, 15) is 4.79 Å². The molecule has 0 spiro atoms. The van der Waals surface area contributed by atoms with Crippen LogP contribution >= 0.6 is 0 Å². The molecule has 1 amide bonds. The van der Waals surface area contributed by atoms with Crippen molar-refractivity contribution in [2.75, 3.05) is 19.6 Å². The molecule has 0 saturated carbocycles. The molecule has 3 aliphatic rings. The minimum absolute atomic E-state index is 0.133. The van der Waals surface area contributed by atoms with Crippen molar-refractivity contribution in [3.63, 3.8) is 0 Å². The number of likely N-dealkylation sites (tertiary alicyclic amines) is 1. The van der Waals surface area contributed by atoms with E-state index in [4.69, 9.17) is 0 Å². The molecule has 28 heavy (non-hydrogen) atoms. The number of carbonyl (C=O) groups is 1. The van der Waals surface area contributed by atoms with Crippen LogP contribution in [0, 0.1) is 5.92 Å². The van der Waals surface area contributed by atoms with Gasteiger partial charge in [0, 0.05) is 43.5 Å². The summed E-state index contributed by atoms with van der Waals surface area (Å²) in [4.78, 5) is 17.8. The van der Waals surface area contributed by atoms with Gasteiger partial charge in [0.15, 0.2) is 5.69 Å². The Morgan fingerprint density at radius 2 is 1.86 bits per heavy atom. The van der Waals surface area contributed by atoms with Gasteiger partial charge >= 0.3 is 0 Å². The maximum Gasteiger partial charge on any atom is 0.274 e. The first-order chi connectivity index (χ1) is 13.7. The lowest BCUT2D eigenvalue weighted by molar-refractivity contribution is 0.0593. The van der Waals surface area contributed by atoms with Gasteiger partial charge in [-0.1, -0.05) is 31.2 Å². The fourth-order valence-corrected chi connectivity index (χ4v) is 5.26. The van der Waals surface area contributed by atoms with Crippen molar-refractivity contribution < 1.29 is 4.79 Å². The number of fused-ring (bicyclic) bond motifs is 2. The number of nitrogens with zero attached hydrogens (tertiary/aromatic N) is 3. The number of aryl methyl sites for hydroxylation is 1. The number of aromatic nitrogens is 2. The topological polar surface area (TPSA) is 52.2 Å². The summed E-state index contributed by atoms with van der Waals surface area (Å²) in [5, 5.41) is 7.55.